The van der Waals surface area contributed by atoms with Gasteiger partial charge in [-0.05, 0) is 42.9 Å². The molecular weight excluding hydrogens is 264 g/mol. The summed E-state index contributed by atoms with van der Waals surface area (Å²) >= 11 is 5.68. The Hall–Kier alpha value is -1.81. The first-order chi connectivity index (χ1) is 9.16. The largest absolute Gasteiger partial charge is 0.334 e. The molecule has 5 heteroatoms. The number of aromatic nitrogens is 2. The molecule has 0 bridgehead atoms. The second-order valence-corrected chi connectivity index (χ2v) is 5.13. The third kappa shape index (κ3) is 2.12. The second-order valence-electron chi connectivity index (χ2n) is 4.72. The number of halogens is 1. The highest BCUT2D eigenvalue weighted by molar-refractivity contribution is 6.29. The number of fused-ring (bicyclic) bond motifs is 1. The number of hydrogen-bond acceptors (Lipinski definition) is 2. The van der Waals surface area contributed by atoms with E-state index in [4.69, 9.17) is 11.6 Å². The van der Waals surface area contributed by atoms with Crippen LogP contribution >= 0.6 is 11.6 Å². The predicted molar refractivity (Wildman–Crippen MR) is 74.3 cm³/mol. The summed E-state index contributed by atoms with van der Waals surface area (Å²) in [6.45, 7) is 0. The zero-order valence-electron chi connectivity index (χ0n) is 10.3. The maximum absolute atomic E-state index is 12.0. The van der Waals surface area contributed by atoms with Crippen LogP contribution in [0.15, 0.2) is 33.9 Å². The minimum atomic E-state index is -0.489. The zero-order valence-corrected chi connectivity index (χ0v) is 11.0. The number of aromatic amines is 1. The smallest absolute Gasteiger partial charge is 0.297 e. The van der Waals surface area contributed by atoms with Crippen molar-refractivity contribution in [3.63, 3.8) is 0 Å². The van der Waals surface area contributed by atoms with Crippen LogP contribution in [0.3, 0.4) is 0 Å². The molecule has 0 unspecified atom stereocenters. The van der Waals surface area contributed by atoms with E-state index in [1.54, 1.807) is 0 Å². The molecule has 0 saturated carbocycles. The van der Waals surface area contributed by atoms with Crippen molar-refractivity contribution in [1.82, 2.24) is 9.55 Å². The molecule has 1 N–H and O–H groups in total. The van der Waals surface area contributed by atoms with Gasteiger partial charge in [0, 0.05) is 6.07 Å². The predicted octanol–water partition coefficient (Wildman–Crippen LogP) is 2.06. The van der Waals surface area contributed by atoms with Crippen molar-refractivity contribution in [3.05, 3.63) is 61.4 Å². The average Bonchev–Trinajstić information content (AvgIpc) is 2.38. The molecule has 0 saturated heterocycles. The molecule has 1 aromatic heterocycles. The van der Waals surface area contributed by atoms with Gasteiger partial charge in [0.25, 0.3) is 5.56 Å². The molecule has 1 aromatic carbocycles. The van der Waals surface area contributed by atoms with Crippen LogP contribution in [0.1, 0.15) is 24.0 Å². The van der Waals surface area contributed by atoms with Crippen molar-refractivity contribution < 1.29 is 0 Å². The highest BCUT2D eigenvalue weighted by Crippen LogP contribution is 2.25. The van der Waals surface area contributed by atoms with Crippen LogP contribution < -0.4 is 11.2 Å². The Morgan fingerprint density at radius 2 is 1.95 bits per heavy atom. The van der Waals surface area contributed by atoms with Crippen LogP contribution in [0.4, 0.5) is 0 Å². The van der Waals surface area contributed by atoms with Gasteiger partial charge in [0.15, 0.2) is 0 Å². The maximum atomic E-state index is 12.0. The zero-order chi connectivity index (χ0) is 13.4. The van der Waals surface area contributed by atoms with E-state index in [0.717, 1.165) is 35.8 Å². The molecule has 1 heterocycles. The normalized spacial score (nSPS) is 14.2. The fourth-order valence-electron chi connectivity index (χ4n) is 2.67. The monoisotopic (exact) mass is 276 g/mol. The van der Waals surface area contributed by atoms with Gasteiger partial charge in [-0.2, -0.15) is 0 Å². The Kier molecular flexibility index (Phi) is 3.03. The molecule has 4 nitrogen and oxygen atoms in total. The molecule has 0 atom stereocenters. The lowest BCUT2D eigenvalue weighted by atomic mass is 9.90. The van der Waals surface area contributed by atoms with Crippen molar-refractivity contribution in [2.24, 2.45) is 0 Å². The van der Waals surface area contributed by atoms with Gasteiger partial charge in [0.05, 0.1) is 5.69 Å². The molecule has 0 radical (unpaired) electrons. The van der Waals surface area contributed by atoms with Crippen LogP contribution in [0.5, 0.6) is 0 Å². The third-order valence-corrected chi connectivity index (χ3v) is 3.72. The van der Waals surface area contributed by atoms with Crippen LogP contribution in [-0.4, -0.2) is 9.55 Å². The van der Waals surface area contributed by atoms with E-state index in [9.17, 15) is 9.59 Å². The molecule has 0 amide bonds. The topological polar surface area (TPSA) is 54.9 Å². The number of H-pyrrole nitrogens is 1. The van der Waals surface area contributed by atoms with Crippen molar-refractivity contribution in [2.75, 3.05) is 0 Å². The molecule has 19 heavy (non-hydrogen) atoms. The van der Waals surface area contributed by atoms with Crippen LogP contribution in [0, 0.1) is 0 Å². The first-order valence-electron chi connectivity index (χ1n) is 6.30. The van der Waals surface area contributed by atoms with Crippen LogP contribution in [0.25, 0.3) is 5.69 Å². The van der Waals surface area contributed by atoms with E-state index in [-0.39, 0.29) is 5.15 Å². The van der Waals surface area contributed by atoms with E-state index in [1.807, 2.05) is 12.1 Å². The lowest BCUT2D eigenvalue weighted by Crippen LogP contribution is -2.34. The van der Waals surface area contributed by atoms with E-state index < -0.39 is 11.2 Å². The quantitative estimate of drug-likeness (QED) is 0.811. The van der Waals surface area contributed by atoms with Gasteiger partial charge in [0.2, 0.25) is 0 Å². The summed E-state index contributed by atoms with van der Waals surface area (Å²) in [5.41, 5.74) is 2.12. The Labute approximate surface area is 114 Å². The summed E-state index contributed by atoms with van der Waals surface area (Å²) in [5, 5.41) is 0.0658. The minimum Gasteiger partial charge on any atom is -0.297 e. The van der Waals surface area contributed by atoms with Gasteiger partial charge in [0.1, 0.15) is 5.15 Å². The van der Waals surface area contributed by atoms with Gasteiger partial charge < -0.3 is 0 Å². The highest BCUT2D eigenvalue weighted by Gasteiger charge is 2.16. The van der Waals surface area contributed by atoms with Crippen molar-refractivity contribution in [3.8, 4) is 5.69 Å². The Morgan fingerprint density at radius 1 is 1.16 bits per heavy atom. The molecular formula is C14H13ClN2O2. The van der Waals surface area contributed by atoms with E-state index in [0.29, 0.717) is 5.69 Å². The number of rotatable bonds is 1. The van der Waals surface area contributed by atoms with Gasteiger partial charge in [-0.25, -0.2) is 9.36 Å². The number of nitrogens with one attached hydrogen (secondary N) is 1. The summed E-state index contributed by atoms with van der Waals surface area (Å²) in [5.74, 6) is 0. The lowest BCUT2D eigenvalue weighted by Gasteiger charge is -2.19. The maximum Gasteiger partial charge on any atom is 0.334 e. The Morgan fingerprint density at radius 3 is 2.74 bits per heavy atom. The van der Waals surface area contributed by atoms with Gasteiger partial charge in [-0.3, -0.25) is 9.78 Å². The summed E-state index contributed by atoms with van der Waals surface area (Å²) in [4.78, 5) is 26.4. The number of hydrogen-bond donors (Lipinski definition) is 1. The van der Waals surface area contributed by atoms with E-state index in [1.165, 1.54) is 11.6 Å². The van der Waals surface area contributed by atoms with E-state index >= 15 is 0 Å². The molecule has 2 aromatic rings. The molecule has 0 aliphatic heterocycles. The minimum absolute atomic E-state index is 0.0658. The van der Waals surface area contributed by atoms with Gasteiger partial charge >= 0.3 is 5.69 Å². The van der Waals surface area contributed by atoms with E-state index in [2.05, 4.69) is 11.1 Å². The van der Waals surface area contributed by atoms with Crippen molar-refractivity contribution in [1.29, 1.82) is 0 Å². The van der Waals surface area contributed by atoms with Crippen LogP contribution in [0.2, 0.25) is 5.15 Å². The van der Waals surface area contributed by atoms with Gasteiger partial charge in [-0.1, -0.05) is 23.7 Å². The molecule has 0 fully saturated rings. The summed E-state index contributed by atoms with van der Waals surface area (Å²) in [7, 11) is 0. The average molecular weight is 277 g/mol. The highest BCUT2D eigenvalue weighted by atomic mass is 35.5. The third-order valence-electron chi connectivity index (χ3n) is 3.51. The number of aryl methyl sites for hydroxylation is 1. The number of benzene rings is 1. The fourth-order valence-corrected chi connectivity index (χ4v) is 2.84. The SMILES string of the molecule is O=c1cc(Cl)[nH]c(=O)n1-c1cccc2c1CCCC2. The first-order valence-corrected chi connectivity index (χ1v) is 6.67. The fraction of sp³-hybridized carbons (Fsp3) is 0.286. The summed E-state index contributed by atoms with van der Waals surface area (Å²) in [6.07, 6.45) is 4.15. The van der Waals surface area contributed by atoms with Crippen molar-refractivity contribution in [2.45, 2.75) is 25.7 Å². The lowest BCUT2D eigenvalue weighted by molar-refractivity contribution is 0.677. The molecule has 98 valence electrons. The standard InChI is InChI=1S/C14H13ClN2O2/c15-12-8-13(18)17(14(19)16-12)11-7-3-5-9-4-1-2-6-10(9)11/h3,5,7-8H,1-2,4,6H2,(H,16,19). The molecule has 1 aliphatic rings. The Bertz CT molecular complexity index is 715. The summed E-state index contributed by atoms with van der Waals surface area (Å²) in [6, 6.07) is 6.99. The van der Waals surface area contributed by atoms with Crippen molar-refractivity contribution >= 4 is 11.6 Å². The van der Waals surface area contributed by atoms with Crippen LogP contribution in [-0.2, 0) is 12.8 Å². The molecule has 1 aliphatic carbocycles. The summed E-state index contributed by atoms with van der Waals surface area (Å²) < 4.78 is 1.16. The molecule has 3 rings (SSSR count). The second kappa shape index (κ2) is 4.70. The first kappa shape index (κ1) is 12.2. The van der Waals surface area contributed by atoms with Gasteiger partial charge in [-0.15, -0.1) is 0 Å². The molecule has 0 spiro atoms. The Balaban J connectivity index is 2.29. The number of nitrogens with zero attached hydrogens (tertiary/aromatic N) is 1.